The summed E-state index contributed by atoms with van der Waals surface area (Å²) in [5, 5.41) is 4.59. The van der Waals surface area contributed by atoms with E-state index in [0.717, 1.165) is 20.7 Å². The fourth-order valence-corrected chi connectivity index (χ4v) is 3.01. The number of aromatic nitrogens is 2. The monoisotopic (exact) mass is 364 g/mol. The van der Waals surface area contributed by atoms with Gasteiger partial charge in [0, 0.05) is 10.9 Å². The molecule has 0 radical (unpaired) electrons. The van der Waals surface area contributed by atoms with E-state index in [1.807, 2.05) is 16.8 Å². The van der Waals surface area contributed by atoms with Crippen LogP contribution >= 0.6 is 45.5 Å². The molecular formula is C11H10ClIN2S. The third-order valence-corrected chi connectivity index (χ3v) is 4.50. The van der Waals surface area contributed by atoms with Crippen LogP contribution in [0.2, 0.25) is 5.15 Å². The molecule has 0 aliphatic carbocycles. The molecule has 0 saturated carbocycles. The van der Waals surface area contributed by atoms with Gasteiger partial charge in [0.2, 0.25) is 0 Å². The Morgan fingerprint density at radius 1 is 1.38 bits per heavy atom. The second-order valence-electron chi connectivity index (χ2n) is 3.70. The maximum atomic E-state index is 6.12. The highest BCUT2D eigenvalue weighted by atomic mass is 127. The van der Waals surface area contributed by atoms with E-state index in [1.54, 1.807) is 11.3 Å². The molecule has 0 aliphatic heterocycles. The summed E-state index contributed by atoms with van der Waals surface area (Å²) in [5.74, 6) is 1.07. The first-order chi connectivity index (χ1) is 7.59. The van der Waals surface area contributed by atoms with Crippen LogP contribution in [0.3, 0.4) is 0 Å². The van der Waals surface area contributed by atoms with Crippen molar-refractivity contribution < 1.29 is 0 Å². The fourth-order valence-electron chi connectivity index (χ4n) is 1.34. The van der Waals surface area contributed by atoms with Gasteiger partial charge in [0.25, 0.3) is 0 Å². The van der Waals surface area contributed by atoms with Crippen molar-refractivity contribution in [1.82, 2.24) is 9.97 Å². The summed E-state index contributed by atoms with van der Waals surface area (Å²) < 4.78 is 0.952. The lowest BCUT2D eigenvalue weighted by Gasteiger charge is -2.10. The van der Waals surface area contributed by atoms with Gasteiger partial charge in [-0.3, -0.25) is 0 Å². The van der Waals surface area contributed by atoms with Crippen molar-refractivity contribution in [3.63, 3.8) is 0 Å². The molecule has 0 fully saturated rings. The van der Waals surface area contributed by atoms with Crippen molar-refractivity contribution in [2.45, 2.75) is 19.8 Å². The first kappa shape index (κ1) is 12.3. The highest BCUT2D eigenvalue weighted by Crippen LogP contribution is 2.28. The average molecular weight is 365 g/mol. The van der Waals surface area contributed by atoms with E-state index in [2.05, 4.69) is 46.4 Å². The number of nitrogens with zero attached hydrogens (tertiary/aromatic N) is 2. The molecule has 0 aromatic carbocycles. The minimum Gasteiger partial charge on any atom is -0.232 e. The molecule has 2 heterocycles. The molecule has 2 aromatic heterocycles. The van der Waals surface area contributed by atoms with Crippen LogP contribution in [-0.4, -0.2) is 9.97 Å². The van der Waals surface area contributed by atoms with Crippen molar-refractivity contribution in [2.24, 2.45) is 0 Å². The number of hydrogen-bond donors (Lipinski definition) is 0. The van der Waals surface area contributed by atoms with Crippen molar-refractivity contribution >= 4 is 45.5 Å². The molecule has 0 amide bonds. The maximum absolute atomic E-state index is 6.12. The second-order valence-corrected chi connectivity index (χ2v) is 5.92. The summed E-state index contributed by atoms with van der Waals surface area (Å²) in [4.78, 5) is 8.89. The van der Waals surface area contributed by atoms with Gasteiger partial charge in [-0.2, -0.15) is 11.3 Å². The van der Waals surface area contributed by atoms with Crippen LogP contribution in [0.25, 0.3) is 11.4 Å². The highest BCUT2D eigenvalue weighted by molar-refractivity contribution is 14.1. The minimum atomic E-state index is 0.352. The lowest BCUT2D eigenvalue weighted by atomic mass is 10.1. The maximum Gasteiger partial charge on any atom is 0.162 e. The van der Waals surface area contributed by atoms with Gasteiger partial charge < -0.3 is 0 Å². The van der Waals surface area contributed by atoms with Crippen LogP contribution in [0.5, 0.6) is 0 Å². The van der Waals surface area contributed by atoms with Crippen molar-refractivity contribution in [1.29, 1.82) is 0 Å². The Balaban J connectivity index is 2.57. The number of rotatable bonds is 2. The molecule has 0 N–H and O–H groups in total. The van der Waals surface area contributed by atoms with E-state index in [1.165, 1.54) is 0 Å². The van der Waals surface area contributed by atoms with Gasteiger partial charge in [0.15, 0.2) is 5.82 Å². The lowest BCUT2D eigenvalue weighted by molar-refractivity contribution is 0.808. The van der Waals surface area contributed by atoms with Gasteiger partial charge in [-0.1, -0.05) is 25.4 Å². The predicted molar refractivity (Wildman–Crippen MR) is 77.2 cm³/mol. The van der Waals surface area contributed by atoms with Crippen LogP contribution in [0.4, 0.5) is 0 Å². The van der Waals surface area contributed by atoms with Gasteiger partial charge in [0.1, 0.15) is 5.15 Å². The molecule has 0 bridgehead atoms. The minimum absolute atomic E-state index is 0.352. The molecule has 16 heavy (non-hydrogen) atoms. The van der Waals surface area contributed by atoms with Crippen LogP contribution in [0.1, 0.15) is 25.5 Å². The summed E-state index contributed by atoms with van der Waals surface area (Å²) in [5.41, 5.74) is 2.05. The van der Waals surface area contributed by atoms with E-state index in [4.69, 9.17) is 11.6 Å². The lowest BCUT2D eigenvalue weighted by Crippen LogP contribution is -2.02. The molecular weight excluding hydrogens is 355 g/mol. The van der Waals surface area contributed by atoms with Crippen molar-refractivity contribution in [2.75, 3.05) is 0 Å². The van der Waals surface area contributed by atoms with E-state index in [0.29, 0.717) is 11.1 Å². The van der Waals surface area contributed by atoms with E-state index >= 15 is 0 Å². The molecule has 0 unspecified atom stereocenters. The molecule has 2 aromatic rings. The van der Waals surface area contributed by atoms with E-state index in [9.17, 15) is 0 Å². The van der Waals surface area contributed by atoms with Crippen LogP contribution in [-0.2, 0) is 0 Å². The van der Waals surface area contributed by atoms with Crippen LogP contribution < -0.4 is 0 Å². The molecule has 0 atom stereocenters. The molecule has 2 rings (SSSR count). The quantitative estimate of drug-likeness (QED) is 0.575. The second kappa shape index (κ2) is 4.98. The zero-order chi connectivity index (χ0) is 11.7. The Labute approximate surface area is 117 Å². The Kier molecular flexibility index (Phi) is 3.81. The highest BCUT2D eigenvalue weighted by Gasteiger charge is 2.14. The van der Waals surface area contributed by atoms with Crippen LogP contribution in [0.15, 0.2) is 16.8 Å². The van der Waals surface area contributed by atoms with Gasteiger partial charge in [-0.25, -0.2) is 9.97 Å². The largest absolute Gasteiger partial charge is 0.232 e. The first-order valence-corrected chi connectivity index (χ1v) is 7.25. The molecule has 0 spiro atoms. The Morgan fingerprint density at radius 3 is 2.69 bits per heavy atom. The standard InChI is InChI=1S/C11H10ClIN2S/c1-6(2)9-8(13)10(12)15-11(14-9)7-3-4-16-5-7/h3-6H,1-2H3. The van der Waals surface area contributed by atoms with Gasteiger partial charge >= 0.3 is 0 Å². The van der Waals surface area contributed by atoms with Crippen LogP contribution in [0, 0.1) is 3.57 Å². The van der Waals surface area contributed by atoms with E-state index in [-0.39, 0.29) is 0 Å². The molecule has 0 saturated heterocycles. The molecule has 0 aliphatic rings. The third kappa shape index (κ3) is 2.38. The average Bonchev–Trinajstić information content (AvgIpc) is 2.74. The number of halogens is 2. The SMILES string of the molecule is CC(C)c1nc(-c2ccsc2)nc(Cl)c1I. The summed E-state index contributed by atoms with van der Waals surface area (Å²) in [6.07, 6.45) is 0. The summed E-state index contributed by atoms with van der Waals surface area (Å²) in [7, 11) is 0. The van der Waals surface area contributed by atoms with Crippen molar-refractivity contribution in [3.8, 4) is 11.4 Å². The molecule has 2 nitrogen and oxygen atoms in total. The van der Waals surface area contributed by atoms with Gasteiger partial charge in [-0.05, 0) is 40.0 Å². The fraction of sp³-hybridized carbons (Fsp3) is 0.273. The third-order valence-electron chi connectivity index (χ3n) is 2.16. The first-order valence-electron chi connectivity index (χ1n) is 4.85. The summed E-state index contributed by atoms with van der Waals surface area (Å²) in [6, 6.07) is 2.01. The Morgan fingerprint density at radius 2 is 2.12 bits per heavy atom. The van der Waals surface area contributed by atoms with Gasteiger partial charge in [-0.15, -0.1) is 0 Å². The zero-order valence-electron chi connectivity index (χ0n) is 8.87. The number of thiophene rings is 1. The Bertz CT molecular complexity index is 497. The summed E-state index contributed by atoms with van der Waals surface area (Å²) in [6.45, 7) is 4.22. The predicted octanol–water partition coefficient (Wildman–Crippen LogP) is 4.59. The Hall–Kier alpha value is -0.200. The summed E-state index contributed by atoms with van der Waals surface area (Å²) >= 11 is 9.96. The molecule has 84 valence electrons. The topological polar surface area (TPSA) is 25.8 Å². The number of hydrogen-bond acceptors (Lipinski definition) is 3. The zero-order valence-corrected chi connectivity index (χ0v) is 12.6. The molecule has 5 heteroatoms. The van der Waals surface area contributed by atoms with Gasteiger partial charge in [0.05, 0.1) is 9.26 Å². The smallest absolute Gasteiger partial charge is 0.162 e. The van der Waals surface area contributed by atoms with E-state index < -0.39 is 0 Å². The van der Waals surface area contributed by atoms with Crippen molar-refractivity contribution in [3.05, 3.63) is 31.2 Å². The normalized spacial score (nSPS) is 11.1.